The van der Waals surface area contributed by atoms with Crippen molar-refractivity contribution in [3.8, 4) is 0 Å². The summed E-state index contributed by atoms with van der Waals surface area (Å²) in [6.45, 7) is 0. The van der Waals surface area contributed by atoms with Crippen LogP contribution in [0.4, 0.5) is 0 Å². The van der Waals surface area contributed by atoms with Crippen molar-refractivity contribution in [3.63, 3.8) is 0 Å². The van der Waals surface area contributed by atoms with Crippen LogP contribution in [0.25, 0.3) is 0 Å². The van der Waals surface area contributed by atoms with Crippen LogP contribution in [0.2, 0.25) is 0 Å². The summed E-state index contributed by atoms with van der Waals surface area (Å²) in [5.74, 6) is 2.33. The van der Waals surface area contributed by atoms with Crippen molar-refractivity contribution in [1.82, 2.24) is 0 Å². The maximum atomic E-state index is 2.33. The predicted molar refractivity (Wildman–Crippen MR) is 34.0 cm³/mol. The quantitative estimate of drug-likeness (QED) is 0.427. The van der Waals surface area contributed by atoms with Gasteiger partial charge in [-0.3, -0.25) is 0 Å². The first kappa shape index (κ1) is 6.60. The van der Waals surface area contributed by atoms with E-state index in [1.54, 1.807) is 8.20 Å². The van der Waals surface area contributed by atoms with Gasteiger partial charge in [-0.15, -0.1) is 8.20 Å². The topological polar surface area (TPSA) is 0 Å². The molecule has 1 aliphatic heterocycles. The maximum Gasteiger partial charge on any atom is 0 e. The highest BCUT2D eigenvalue weighted by Crippen LogP contribution is 2.07. The minimum absolute atomic E-state index is 0. The van der Waals surface area contributed by atoms with Gasteiger partial charge in [0, 0.05) is 9.90 Å². The van der Waals surface area contributed by atoms with Crippen LogP contribution in [0.3, 0.4) is 0 Å². The number of hydrogen-bond donors (Lipinski definition) is 0. The fourth-order valence-electron chi connectivity index (χ4n) is 0.456. The van der Waals surface area contributed by atoms with Crippen molar-refractivity contribution in [1.29, 1.82) is 0 Å². The van der Waals surface area contributed by atoms with E-state index in [4.69, 9.17) is 0 Å². The molecule has 0 saturated carbocycles. The molecule has 0 aromatic heterocycles. The van der Waals surface area contributed by atoms with Gasteiger partial charge in [-0.2, -0.15) is 0 Å². The second-order valence-corrected chi connectivity index (χ2v) is 2.41. The molecule has 0 saturated heterocycles. The van der Waals surface area contributed by atoms with Crippen LogP contribution in [-0.2, 0) is 0 Å². The molecule has 1 rings (SSSR count). The summed E-state index contributed by atoms with van der Waals surface area (Å²) in [4.78, 5) is 0. The molecule has 0 fully saturated rings. The Kier molecular flexibility index (Phi) is 4.16. The van der Waals surface area contributed by atoms with Crippen molar-refractivity contribution in [2.24, 2.45) is 0 Å². The average Bonchev–Trinajstić information content (AvgIpc) is 1.76. The molecule has 33 valence electrons. The SMILES string of the molecule is C1=PCCC1.[P]. The van der Waals surface area contributed by atoms with Crippen LogP contribution in [0.5, 0.6) is 0 Å². The first-order valence-corrected chi connectivity index (χ1v) is 3.13. The van der Waals surface area contributed by atoms with Gasteiger partial charge in [-0.25, -0.2) is 0 Å². The lowest BCUT2D eigenvalue weighted by atomic mass is 10.4. The highest BCUT2D eigenvalue weighted by Gasteiger charge is 1.85. The Morgan fingerprint density at radius 1 is 1.50 bits per heavy atom. The van der Waals surface area contributed by atoms with Crippen molar-refractivity contribution < 1.29 is 0 Å². The van der Waals surface area contributed by atoms with Gasteiger partial charge in [-0.05, 0) is 19.0 Å². The van der Waals surface area contributed by atoms with E-state index in [1.165, 1.54) is 19.0 Å². The molecule has 0 bridgehead atoms. The Morgan fingerprint density at radius 3 is 2.50 bits per heavy atom. The normalized spacial score (nSPS) is 20.0. The molecule has 0 aromatic carbocycles. The summed E-state index contributed by atoms with van der Waals surface area (Å²) in [5, 5.41) is 0. The molecule has 0 aromatic rings. The Bertz CT molecular complexity index is 43.5. The summed E-state index contributed by atoms with van der Waals surface area (Å²) in [6, 6.07) is 0. The van der Waals surface area contributed by atoms with Gasteiger partial charge < -0.3 is 0 Å². The number of rotatable bonds is 0. The maximum absolute atomic E-state index is 2.33. The fraction of sp³-hybridized carbons (Fsp3) is 0.750. The van der Waals surface area contributed by atoms with Crippen LogP contribution >= 0.6 is 18.1 Å². The molecule has 0 amide bonds. The van der Waals surface area contributed by atoms with Gasteiger partial charge >= 0.3 is 0 Å². The Hall–Kier alpha value is 0.600. The fourth-order valence-corrected chi connectivity index (χ4v) is 1.37. The van der Waals surface area contributed by atoms with E-state index in [2.05, 4.69) is 5.80 Å². The summed E-state index contributed by atoms with van der Waals surface area (Å²) < 4.78 is 0. The minimum atomic E-state index is 0. The van der Waals surface area contributed by atoms with Crippen LogP contribution in [-0.4, -0.2) is 12.0 Å². The lowest BCUT2D eigenvalue weighted by Gasteiger charge is -1.68. The molecule has 0 nitrogen and oxygen atoms in total. The first-order chi connectivity index (χ1) is 2.50. The molecule has 0 spiro atoms. The summed E-state index contributed by atoms with van der Waals surface area (Å²) in [7, 11) is 1.57. The van der Waals surface area contributed by atoms with Gasteiger partial charge in [0.25, 0.3) is 0 Å². The average molecular weight is 117 g/mol. The van der Waals surface area contributed by atoms with Gasteiger partial charge in [0.2, 0.25) is 0 Å². The van der Waals surface area contributed by atoms with Gasteiger partial charge in [0.1, 0.15) is 0 Å². The standard InChI is InChI=1S/C4H7P.P/c1-2-4-5-3-1;/h3H,1-2,4H2;. The molecule has 0 aliphatic carbocycles. The third kappa shape index (κ3) is 1.90. The molecule has 1 aliphatic rings. The van der Waals surface area contributed by atoms with Gasteiger partial charge in [-0.1, -0.05) is 5.80 Å². The van der Waals surface area contributed by atoms with Crippen LogP contribution in [0.1, 0.15) is 12.8 Å². The third-order valence-corrected chi connectivity index (χ3v) is 1.84. The second kappa shape index (κ2) is 3.78. The summed E-state index contributed by atoms with van der Waals surface area (Å²) >= 11 is 0. The highest BCUT2D eigenvalue weighted by molar-refractivity contribution is 7.38. The molecule has 1 heterocycles. The van der Waals surface area contributed by atoms with E-state index < -0.39 is 0 Å². The predicted octanol–water partition coefficient (Wildman–Crippen LogP) is 2.39. The van der Waals surface area contributed by atoms with Gasteiger partial charge in [0.15, 0.2) is 0 Å². The van der Waals surface area contributed by atoms with Crippen molar-refractivity contribution in [2.75, 3.05) is 6.16 Å². The molecule has 3 radical (unpaired) electrons. The summed E-state index contributed by atoms with van der Waals surface area (Å²) in [5.41, 5.74) is 0. The van der Waals surface area contributed by atoms with E-state index >= 15 is 0 Å². The van der Waals surface area contributed by atoms with E-state index in [0.717, 1.165) is 0 Å². The molecular weight excluding hydrogens is 110 g/mol. The smallest absolute Gasteiger partial charge is 0 e. The van der Waals surface area contributed by atoms with E-state index in [9.17, 15) is 0 Å². The third-order valence-electron chi connectivity index (χ3n) is 0.750. The van der Waals surface area contributed by atoms with Crippen LogP contribution in [0.15, 0.2) is 0 Å². The highest BCUT2D eigenvalue weighted by atomic mass is 31.1. The van der Waals surface area contributed by atoms with Crippen LogP contribution < -0.4 is 0 Å². The van der Waals surface area contributed by atoms with Gasteiger partial charge in [0.05, 0.1) is 0 Å². The molecule has 0 unspecified atom stereocenters. The van der Waals surface area contributed by atoms with Crippen LogP contribution in [0, 0.1) is 0 Å². The molecule has 0 atom stereocenters. The van der Waals surface area contributed by atoms with E-state index in [1.807, 2.05) is 0 Å². The zero-order valence-electron chi connectivity index (χ0n) is 3.59. The summed E-state index contributed by atoms with van der Waals surface area (Å²) in [6.07, 6.45) is 4.21. The van der Waals surface area contributed by atoms with E-state index in [0.29, 0.717) is 0 Å². The van der Waals surface area contributed by atoms with E-state index in [-0.39, 0.29) is 9.90 Å². The first-order valence-electron chi connectivity index (χ1n) is 1.98. The second-order valence-electron chi connectivity index (χ2n) is 1.23. The Balaban J connectivity index is 0.000000250. The van der Waals surface area contributed by atoms with Crippen molar-refractivity contribution >= 4 is 23.9 Å². The lowest BCUT2D eigenvalue weighted by molar-refractivity contribution is 1.05. The molecule has 0 N–H and O–H groups in total. The molecule has 2 heteroatoms. The zero-order valence-corrected chi connectivity index (χ0v) is 5.38. The Morgan fingerprint density at radius 2 is 2.33 bits per heavy atom. The largest absolute Gasteiger partial charge is 0.109 e. The van der Waals surface area contributed by atoms with Crippen molar-refractivity contribution in [3.05, 3.63) is 0 Å². The van der Waals surface area contributed by atoms with Crippen molar-refractivity contribution in [2.45, 2.75) is 12.8 Å². The molecule has 6 heavy (non-hydrogen) atoms. The Labute approximate surface area is 43.8 Å². The number of hydrogen-bond acceptors (Lipinski definition) is 0. The lowest BCUT2D eigenvalue weighted by Crippen LogP contribution is -1.60. The monoisotopic (exact) mass is 117 g/mol. The zero-order chi connectivity index (χ0) is 3.54. The molecular formula is C4H7P2. The minimum Gasteiger partial charge on any atom is -0.109 e.